The second-order valence-corrected chi connectivity index (χ2v) is 6.96. The molecule has 0 aromatic carbocycles. The van der Waals surface area contributed by atoms with Crippen molar-refractivity contribution in [3.8, 4) is 0 Å². The van der Waals surface area contributed by atoms with E-state index in [1.807, 2.05) is 18.5 Å². The third kappa shape index (κ3) is 2.78. The van der Waals surface area contributed by atoms with Crippen LogP contribution in [-0.2, 0) is 6.42 Å². The predicted octanol–water partition coefficient (Wildman–Crippen LogP) is 3.94. The van der Waals surface area contributed by atoms with Crippen LogP contribution in [0.2, 0.25) is 0 Å². The minimum Gasteiger partial charge on any atom is -0.292 e. The maximum absolute atomic E-state index is 4.64. The maximum atomic E-state index is 4.64. The van der Waals surface area contributed by atoms with Crippen LogP contribution in [0.25, 0.3) is 0 Å². The Bertz CT molecular complexity index is 640. The molecule has 3 rings (SSSR count). The minimum atomic E-state index is 0.000640. The van der Waals surface area contributed by atoms with Crippen molar-refractivity contribution >= 4 is 5.71 Å². The van der Waals surface area contributed by atoms with Crippen LogP contribution < -0.4 is 0 Å². The Hall–Kier alpha value is -1.74. The largest absolute Gasteiger partial charge is 0.292 e. The second kappa shape index (κ2) is 5.81. The molecule has 0 fully saturated rings. The zero-order chi connectivity index (χ0) is 15.7. The lowest BCUT2D eigenvalue weighted by atomic mass is 9.81. The van der Waals surface area contributed by atoms with E-state index in [2.05, 4.69) is 54.5 Å². The van der Waals surface area contributed by atoms with E-state index < -0.39 is 0 Å². The standard InChI is InChI=1S/C19H25N3/c1-14-16(20-12-10-19(14,2)3)13-22(4)17-9-5-7-15-8-6-11-21-18(15)17/h6,8,10-12,17H,1,5,7,9,13H2,2-4H3. The molecule has 116 valence electrons. The number of aryl methyl sites for hydroxylation is 1. The zero-order valence-electron chi connectivity index (χ0n) is 13.8. The number of fused-ring (bicyclic) bond motifs is 1. The molecule has 1 aliphatic heterocycles. The van der Waals surface area contributed by atoms with E-state index in [1.54, 1.807) is 0 Å². The highest BCUT2D eigenvalue weighted by Gasteiger charge is 2.29. The van der Waals surface area contributed by atoms with Gasteiger partial charge in [0.05, 0.1) is 17.4 Å². The summed E-state index contributed by atoms with van der Waals surface area (Å²) in [6.45, 7) is 9.48. The average molecular weight is 295 g/mol. The predicted molar refractivity (Wildman–Crippen MR) is 92.0 cm³/mol. The molecule has 1 aromatic rings. The third-order valence-electron chi connectivity index (χ3n) is 4.94. The molecule has 22 heavy (non-hydrogen) atoms. The number of hydrogen-bond donors (Lipinski definition) is 0. The lowest BCUT2D eigenvalue weighted by molar-refractivity contribution is 0.244. The first-order valence-electron chi connectivity index (χ1n) is 8.07. The van der Waals surface area contributed by atoms with E-state index in [4.69, 9.17) is 0 Å². The van der Waals surface area contributed by atoms with Gasteiger partial charge in [0.25, 0.3) is 0 Å². The number of pyridine rings is 1. The van der Waals surface area contributed by atoms with E-state index >= 15 is 0 Å². The van der Waals surface area contributed by atoms with E-state index in [1.165, 1.54) is 24.1 Å². The first kappa shape index (κ1) is 15.2. The van der Waals surface area contributed by atoms with Crippen LogP contribution in [0.4, 0.5) is 0 Å². The van der Waals surface area contributed by atoms with E-state index in [9.17, 15) is 0 Å². The normalized spacial score (nSPS) is 23.4. The third-order valence-corrected chi connectivity index (χ3v) is 4.94. The van der Waals surface area contributed by atoms with Crippen LogP contribution >= 0.6 is 0 Å². The fraction of sp³-hybridized carbons (Fsp3) is 0.474. The summed E-state index contributed by atoms with van der Waals surface area (Å²) in [5.41, 5.74) is 4.86. The van der Waals surface area contributed by atoms with Gasteiger partial charge in [-0.25, -0.2) is 0 Å². The Balaban J connectivity index is 1.79. The Morgan fingerprint density at radius 1 is 1.41 bits per heavy atom. The highest BCUT2D eigenvalue weighted by molar-refractivity contribution is 6.03. The number of nitrogens with zero attached hydrogens (tertiary/aromatic N) is 3. The maximum Gasteiger partial charge on any atom is 0.0607 e. The summed E-state index contributed by atoms with van der Waals surface area (Å²) in [6, 6.07) is 4.64. The van der Waals surface area contributed by atoms with Crippen molar-refractivity contribution in [3.63, 3.8) is 0 Å². The fourth-order valence-corrected chi connectivity index (χ4v) is 3.36. The summed E-state index contributed by atoms with van der Waals surface area (Å²) in [5.74, 6) is 0. The molecule has 1 aliphatic carbocycles. The summed E-state index contributed by atoms with van der Waals surface area (Å²) in [6.07, 6.45) is 9.50. The highest BCUT2D eigenvalue weighted by atomic mass is 15.1. The van der Waals surface area contributed by atoms with Gasteiger partial charge in [-0.05, 0) is 43.5 Å². The van der Waals surface area contributed by atoms with Crippen molar-refractivity contribution in [2.24, 2.45) is 10.4 Å². The van der Waals surface area contributed by atoms with Crippen LogP contribution in [0.3, 0.4) is 0 Å². The SMILES string of the molecule is C=C1C(CN(C)C2CCCc3cccnc32)=NC=CC1(C)C. The second-order valence-electron chi connectivity index (χ2n) is 6.96. The van der Waals surface area contributed by atoms with Gasteiger partial charge in [0.1, 0.15) is 0 Å². The van der Waals surface area contributed by atoms with Crippen molar-refractivity contribution in [2.45, 2.75) is 39.2 Å². The first-order valence-corrected chi connectivity index (χ1v) is 8.07. The lowest BCUT2D eigenvalue weighted by Gasteiger charge is -2.35. The van der Waals surface area contributed by atoms with Gasteiger partial charge in [-0.2, -0.15) is 0 Å². The average Bonchev–Trinajstić information content (AvgIpc) is 2.51. The molecule has 2 heterocycles. The molecule has 2 aliphatic rings. The van der Waals surface area contributed by atoms with Crippen LogP contribution in [0.15, 0.2) is 47.7 Å². The van der Waals surface area contributed by atoms with E-state index in [0.717, 1.165) is 24.3 Å². The lowest BCUT2D eigenvalue weighted by Crippen LogP contribution is -2.36. The highest BCUT2D eigenvalue weighted by Crippen LogP contribution is 2.34. The van der Waals surface area contributed by atoms with Crippen molar-refractivity contribution in [2.75, 3.05) is 13.6 Å². The minimum absolute atomic E-state index is 0.000640. The molecule has 1 aromatic heterocycles. The molecule has 1 atom stereocenters. The van der Waals surface area contributed by atoms with Gasteiger partial charge >= 0.3 is 0 Å². The van der Waals surface area contributed by atoms with Crippen molar-refractivity contribution < 1.29 is 0 Å². The molecule has 3 nitrogen and oxygen atoms in total. The van der Waals surface area contributed by atoms with Gasteiger partial charge < -0.3 is 0 Å². The number of allylic oxidation sites excluding steroid dienone is 1. The van der Waals surface area contributed by atoms with Gasteiger partial charge in [-0.15, -0.1) is 0 Å². The van der Waals surface area contributed by atoms with Crippen molar-refractivity contribution in [1.82, 2.24) is 9.88 Å². The summed E-state index contributed by atoms with van der Waals surface area (Å²) < 4.78 is 0. The van der Waals surface area contributed by atoms with Gasteiger partial charge in [-0.3, -0.25) is 14.9 Å². The molecule has 0 saturated carbocycles. The first-order chi connectivity index (χ1) is 10.5. The molecular weight excluding hydrogens is 270 g/mol. The Kier molecular flexibility index (Phi) is 4.00. The molecule has 0 saturated heterocycles. The topological polar surface area (TPSA) is 28.5 Å². The van der Waals surface area contributed by atoms with Crippen molar-refractivity contribution in [1.29, 1.82) is 0 Å². The Morgan fingerprint density at radius 3 is 3.05 bits per heavy atom. The molecule has 0 bridgehead atoms. The number of aliphatic imine (C=N–C) groups is 1. The molecule has 0 radical (unpaired) electrons. The number of aromatic nitrogens is 1. The van der Waals surface area contributed by atoms with Crippen LogP contribution in [-0.4, -0.2) is 29.2 Å². The molecule has 0 N–H and O–H groups in total. The fourth-order valence-electron chi connectivity index (χ4n) is 3.36. The van der Waals surface area contributed by atoms with Crippen LogP contribution in [0.5, 0.6) is 0 Å². The van der Waals surface area contributed by atoms with E-state index in [0.29, 0.717) is 6.04 Å². The smallest absolute Gasteiger partial charge is 0.0607 e. The monoisotopic (exact) mass is 295 g/mol. The van der Waals surface area contributed by atoms with Crippen LogP contribution in [0, 0.1) is 5.41 Å². The Labute approximate surface area is 133 Å². The Morgan fingerprint density at radius 2 is 2.23 bits per heavy atom. The molecular formula is C19H25N3. The number of hydrogen-bond acceptors (Lipinski definition) is 3. The van der Waals surface area contributed by atoms with Crippen LogP contribution in [0.1, 0.15) is 44.0 Å². The van der Waals surface area contributed by atoms with Gasteiger partial charge in [0.15, 0.2) is 0 Å². The zero-order valence-corrected chi connectivity index (χ0v) is 13.8. The van der Waals surface area contributed by atoms with Crippen molar-refractivity contribution in [3.05, 3.63) is 54.0 Å². The molecule has 0 amide bonds. The summed E-state index contributed by atoms with van der Waals surface area (Å²) in [5, 5.41) is 0. The quantitative estimate of drug-likeness (QED) is 0.845. The summed E-state index contributed by atoms with van der Waals surface area (Å²) in [7, 11) is 2.18. The summed E-state index contributed by atoms with van der Waals surface area (Å²) >= 11 is 0. The van der Waals surface area contributed by atoms with E-state index in [-0.39, 0.29) is 5.41 Å². The molecule has 0 spiro atoms. The van der Waals surface area contributed by atoms with Gasteiger partial charge in [0, 0.05) is 24.4 Å². The van der Waals surface area contributed by atoms with Gasteiger partial charge in [-0.1, -0.05) is 32.6 Å². The van der Waals surface area contributed by atoms with Gasteiger partial charge in [0.2, 0.25) is 0 Å². The number of rotatable bonds is 3. The molecule has 1 unspecified atom stereocenters. The molecule has 3 heteroatoms. The summed E-state index contributed by atoms with van der Waals surface area (Å²) in [4.78, 5) is 11.6.